The van der Waals surface area contributed by atoms with Crippen molar-refractivity contribution in [2.75, 3.05) is 0 Å². The molecule has 0 saturated heterocycles. The van der Waals surface area contributed by atoms with E-state index < -0.39 is 0 Å². The number of hydrogen-bond acceptors (Lipinski definition) is 2. The fourth-order valence-corrected chi connectivity index (χ4v) is 5.12. The van der Waals surface area contributed by atoms with E-state index in [1.165, 1.54) is 38.5 Å². The first-order valence-electron chi connectivity index (χ1n) is 8.09. The minimum Gasteiger partial charge on any atom is -0.349 e. The van der Waals surface area contributed by atoms with Gasteiger partial charge in [-0.1, -0.05) is 20.3 Å². The SMILES string of the molecule is CC[C@H](C)[C@H](N)C(=O)NC12CC3CC(CC(C3)C1)C2. The summed E-state index contributed by atoms with van der Waals surface area (Å²) in [5.41, 5.74) is 6.20. The van der Waals surface area contributed by atoms with Crippen LogP contribution in [0.3, 0.4) is 0 Å². The third-order valence-electron chi connectivity index (χ3n) is 5.99. The van der Waals surface area contributed by atoms with E-state index in [1.54, 1.807) is 0 Å². The van der Waals surface area contributed by atoms with Crippen molar-refractivity contribution in [1.82, 2.24) is 5.32 Å². The molecule has 0 radical (unpaired) electrons. The van der Waals surface area contributed by atoms with Crippen molar-refractivity contribution in [2.24, 2.45) is 29.4 Å². The van der Waals surface area contributed by atoms with Crippen molar-refractivity contribution in [3.05, 3.63) is 0 Å². The number of nitrogens with two attached hydrogens (primary N) is 1. The predicted octanol–water partition coefficient (Wildman–Crippen LogP) is 2.44. The maximum Gasteiger partial charge on any atom is 0.237 e. The zero-order chi connectivity index (χ0) is 13.6. The molecule has 4 fully saturated rings. The number of carbonyl (C=O) groups is 1. The molecule has 0 aromatic heterocycles. The summed E-state index contributed by atoms with van der Waals surface area (Å²) in [5, 5.41) is 3.38. The van der Waals surface area contributed by atoms with Gasteiger partial charge in [0.1, 0.15) is 0 Å². The molecule has 4 rings (SSSR count). The Morgan fingerprint density at radius 2 is 1.68 bits per heavy atom. The average molecular weight is 264 g/mol. The summed E-state index contributed by atoms with van der Waals surface area (Å²) in [6.07, 6.45) is 8.81. The van der Waals surface area contributed by atoms with Crippen LogP contribution in [0.1, 0.15) is 58.8 Å². The molecule has 0 aromatic rings. The third kappa shape index (κ3) is 2.42. The molecule has 1 amide bonds. The summed E-state index contributed by atoms with van der Waals surface area (Å²) in [5.74, 6) is 2.97. The molecule has 3 nitrogen and oxygen atoms in total. The van der Waals surface area contributed by atoms with Crippen molar-refractivity contribution < 1.29 is 4.79 Å². The van der Waals surface area contributed by atoms with Crippen LogP contribution in [0.5, 0.6) is 0 Å². The van der Waals surface area contributed by atoms with E-state index in [9.17, 15) is 4.79 Å². The van der Waals surface area contributed by atoms with Gasteiger partial charge in [-0.3, -0.25) is 4.79 Å². The highest BCUT2D eigenvalue weighted by Crippen LogP contribution is 2.55. The molecule has 108 valence electrons. The van der Waals surface area contributed by atoms with Gasteiger partial charge >= 0.3 is 0 Å². The molecule has 4 saturated carbocycles. The van der Waals surface area contributed by atoms with E-state index in [-0.39, 0.29) is 23.4 Å². The van der Waals surface area contributed by atoms with Gasteiger partial charge in [-0.15, -0.1) is 0 Å². The van der Waals surface area contributed by atoms with Crippen LogP contribution in [0.15, 0.2) is 0 Å². The van der Waals surface area contributed by atoms with E-state index >= 15 is 0 Å². The quantitative estimate of drug-likeness (QED) is 0.819. The number of carbonyl (C=O) groups excluding carboxylic acids is 1. The number of hydrogen-bond donors (Lipinski definition) is 2. The zero-order valence-electron chi connectivity index (χ0n) is 12.3. The molecule has 0 heterocycles. The maximum absolute atomic E-state index is 12.4. The summed E-state index contributed by atoms with van der Waals surface area (Å²) in [6, 6.07) is -0.335. The van der Waals surface area contributed by atoms with Gasteiger partial charge in [0.25, 0.3) is 0 Å². The first-order chi connectivity index (χ1) is 9.01. The second-order valence-electron chi connectivity index (χ2n) is 7.60. The molecule has 4 bridgehead atoms. The number of nitrogens with one attached hydrogen (secondary N) is 1. The standard InChI is InChI=1S/C16H28N2O/c1-3-10(2)14(17)15(19)18-16-7-11-4-12(8-16)6-13(5-11)9-16/h10-14H,3-9,17H2,1-2H3,(H,18,19)/t10-,11?,12?,13?,14-,16?/m0/s1. The summed E-state index contributed by atoms with van der Waals surface area (Å²) < 4.78 is 0. The molecule has 3 heteroatoms. The van der Waals surface area contributed by atoms with E-state index in [4.69, 9.17) is 5.73 Å². The van der Waals surface area contributed by atoms with Crippen LogP contribution in [-0.2, 0) is 4.79 Å². The summed E-state index contributed by atoms with van der Waals surface area (Å²) >= 11 is 0. The zero-order valence-corrected chi connectivity index (χ0v) is 12.3. The Morgan fingerprint density at radius 1 is 1.21 bits per heavy atom. The number of rotatable bonds is 4. The first kappa shape index (κ1) is 13.4. The Balaban J connectivity index is 1.67. The molecule has 2 atom stereocenters. The summed E-state index contributed by atoms with van der Waals surface area (Å²) in [6.45, 7) is 4.17. The van der Waals surface area contributed by atoms with Crippen LogP contribution >= 0.6 is 0 Å². The Hall–Kier alpha value is -0.570. The van der Waals surface area contributed by atoms with Crippen LogP contribution < -0.4 is 11.1 Å². The van der Waals surface area contributed by atoms with Gasteiger partial charge in [0.05, 0.1) is 6.04 Å². The van der Waals surface area contributed by atoms with Crippen LogP contribution in [0.2, 0.25) is 0 Å². The topological polar surface area (TPSA) is 55.1 Å². The van der Waals surface area contributed by atoms with Crippen LogP contribution in [0, 0.1) is 23.7 Å². The lowest BCUT2D eigenvalue weighted by Crippen LogP contribution is -2.62. The van der Waals surface area contributed by atoms with E-state index in [0.717, 1.165) is 24.2 Å². The molecular weight excluding hydrogens is 236 g/mol. The van der Waals surface area contributed by atoms with Gasteiger partial charge in [0, 0.05) is 5.54 Å². The highest BCUT2D eigenvalue weighted by atomic mass is 16.2. The van der Waals surface area contributed by atoms with Gasteiger partial charge < -0.3 is 11.1 Å². The van der Waals surface area contributed by atoms with E-state index in [1.807, 2.05) is 0 Å². The monoisotopic (exact) mass is 264 g/mol. The van der Waals surface area contributed by atoms with Crippen molar-refractivity contribution in [3.8, 4) is 0 Å². The number of amides is 1. The lowest BCUT2D eigenvalue weighted by atomic mass is 9.53. The maximum atomic E-state index is 12.4. The fourth-order valence-electron chi connectivity index (χ4n) is 5.12. The molecule has 0 aromatic carbocycles. The van der Waals surface area contributed by atoms with Gasteiger partial charge in [0.15, 0.2) is 0 Å². The van der Waals surface area contributed by atoms with Gasteiger partial charge in [-0.05, 0) is 62.2 Å². The smallest absolute Gasteiger partial charge is 0.237 e. The lowest BCUT2D eigenvalue weighted by molar-refractivity contribution is -0.129. The molecule has 0 aliphatic heterocycles. The lowest BCUT2D eigenvalue weighted by Gasteiger charge is -2.57. The van der Waals surface area contributed by atoms with Gasteiger partial charge in [-0.25, -0.2) is 0 Å². The van der Waals surface area contributed by atoms with Crippen LogP contribution in [0.4, 0.5) is 0 Å². The fraction of sp³-hybridized carbons (Fsp3) is 0.938. The largest absolute Gasteiger partial charge is 0.349 e. The Bertz CT molecular complexity index is 330. The predicted molar refractivity (Wildman–Crippen MR) is 76.5 cm³/mol. The van der Waals surface area contributed by atoms with E-state index in [0.29, 0.717) is 0 Å². The van der Waals surface area contributed by atoms with E-state index in [2.05, 4.69) is 19.2 Å². The third-order valence-corrected chi connectivity index (χ3v) is 5.99. The highest BCUT2D eigenvalue weighted by Gasteiger charge is 2.51. The normalized spacial score (nSPS) is 43.0. The molecule has 19 heavy (non-hydrogen) atoms. The van der Waals surface area contributed by atoms with Gasteiger partial charge in [-0.2, -0.15) is 0 Å². The minimum absolute atomic E-state index is 0.0938. The van der Waals surface area contributed by atoms with Crippen LogP contribution in [0.25, 0.3) is 0 Å². The van der Waals surface area contributed by atoms with Crippen molar-refractivity contribution >= 4 is 5.91 Å². The Morgan fingerprint density at radius 3 is 2.11 bits per heavy atom. The van der Waals surface area contributed by atoms with Gasteiger partial charge in [0.2, 0.25) is 5.91 Å². The van der Waals surface area contributed by atoms with Crippen LogP contribution in [-0.4, -0.2) is 17.5 Å². The first-order valence-corrected chi connectivity index (χ1v) is 8.09. The average Bonchev–Trinajstić information content (AvgIpc) is 2.34. The second-order valence-corrected chi connectivity index (χ2v) is 7.60. The molecule has 0 unspecified atom stereocenters. The molecule has 0 spiro atoms. The molecule has 4 aliphatic rings. The molecule has 4 aliphatic carbocycles. The minimum atomic E-state index is -0.335. The Labute approximate surface area is 116 Å². The van der Waals surface area contributed by atoms with Crippen molar-refractivity contribution in [1.29, 1.82) is 0 Å². The highest BCUT2D eigenvalue weighted by molar-refractivity contribution is 5.82. The summed E-state index contributed by atoms with van der Waals surface area (Å²) in [4.78, 5) is 12.4. The van der Waals surface area contributed by atoms with Crippen molar-refractivity contribution in [3.63, 3.8) is 0 Å². The second kappa shape index (κ2) is 4.76. The summed E-state index contributed by atoms with van der Waals surface area (Å²) in [7, 11) is 0. The Kier molecular flexibility index (Phi) is 3.36. The van der Waals surface area contributed by atoms with Crippen molar-refractivity contribution in [2.45, 2.75) is 70.4 Å². The molecular formula is C16H28N2O. The molecule has 3 N–H and O–H groups in total.